The van der Waals surface area contributed by atoms with Crippen molar-refractivity contribution >= 4 is 40.2 Å². The van der Waals surface area contributed by atoms with Crippen molar-refractivity contribution in [3.05, 3.63) is 70.8 Å². The number of pyridine rings is 2. The number of nitrogens with two attached hydrogens (primary N) is 1. The van der Waals surface area contributed by atoms with Crippen molar-refractivity contribution in [3.8, 4) is 11.4 Å². The van der Waals surface area contributed by atoms with Crippen LogP contribution in [0.5, 0.6) is 0 Å². The molecule has 11 nitrogen and oxygen atoms in total. The van der Waals surface area contributed by atoms with Gasteiger partial charge in [-0.05, 0) is 43.3 Å². The third-order valence-electron chi connectivity index (χ3n) is 5.52. The number of hydrogen-bond donors (Lipinski definition) is 3. The van der Waals surface area contributed by atoms with Crippen LogP contribution in [0.4, 0.5) is 22.0 Å². The van der Waals surface area contributed by atoms with E-state index >= 15 is 0 Å². The zero-order valence-electron chi connectivity index (χ0n) is 19.4. The average molecular weight is 473 g/mol. The predicted octanol–water partition coefficient (Wildman–Crippen LogP) is 2.29. The molecule has 0 aliphatic carbocycles. The van der Waals surface area contributed by atoms with Crippen LogP contribution in [0.25, 0.3) is 22.4 Å². The lowest BCUT2D eigenvalue weighted by Crippen LogP contribution is -2.34. The largest absolute Gasteiger partial charge is 0.384 e. The quantitative estimate of drug-likeness (QED) is 0.403. The molecule has 0 fully saturated rings. The van der Waals surface area contributed by atoms with E-state index in [0.717, 1.165) is 0 Å². The average Bonchev–Trinajstić information content (AvgIpc) is 2.89. The Labute approximate surface area is 200 Å². The zero-order valence-corrected chi connectivity index (χ0v) is 19.4. The van der Waals surface area contributed by atoms with Gasteiger partial charge in [-0.1, -0.05) is 0 Å². The summed E-state index contributed by atoms with van der Waals surface area (Å²) in [4.78, 5) is 52.2. The van der Waals surface area contributed by atoms with Crippen molar-refractivity contribution < 1.29 is 9.59 Å². The van der Waals surface area contributed by atoms with E-state index in [0.29, 0.717) is 35.0 Å². The molecule has 3 heterocycles. The number of anilines is 3. The maximum atomic E-state index is 12.9. The van der Waals surface area contributed by atoms with Crippen LogP contribution in [0.1, 0.15) is 17.3 Å². The van der Waals surface area contributed by atoms with Crippen LogP contribution in [-0.2, 0) is 6.54 Å². The van der Waals surface area contributed by atoms with Crippen molar-refractivity contribution in [1.29, 1.82) is 0 Å². The minimum atomic E-state index is -0.564. The molecule has 0 spiro atoms. The van der Waals surface area contributed by atoms with E-state index in [-0.39, 0.29) is 22.8 Å². The number of amides is 3. The number of nitrogens with one attached hydrogen (secondary N) is 2. The minimum Gasteiger partial charge on any atom is -0.384 e. The number of aryl methyl sites for hydroxylation is 1. The highest BCUT2D eigenvalue weighted by atomic mass is 16.2. The molecule has 0 aliphatic rings. The van der Waals surface area contributed by atoms with Crippen molar-refractivity contribution in [2.45, 2.75) is 13.5 Å². The number of urea groups is 1. The summed E-state index contributed by atoms with van der Waals surface area (Å²) >= 11 is 0. The monoisotopic (exact) mass is 472 g/mol. The van der Waals surface area contributed by atoms with E-state index in [9.17, 15) is 14.4 Å². The molecular weight excluding hydrogens is 448 g/mol. The number of nitrogens with zero attached hydrogens (tertiary/aromatic N) is 5. The van der Waals surface area contributed by atoms with Gasteiger partial charge in [0.25, 0.3) is 5.91 Å². The molecule has 0 atom stereocenters. The topological polar surface area (TPSA) is 148 Å². The summed E-state index contributed by atoms with van der Waals surface area (Å²) in [5.41, 5.74) is 7.74. The van der Waals surface area contributed by atoms with Gasteiger partial charge >= 0.3 is 6.03 Å². The fourth-order valence-corrected chi connectivity index (χ4v) is 3.78. The van der Waals surface area contributed by atoms with E-state index in [4.69, 9.17) is 5.73 Å². The van der Waals surface area contributed by atoms with Gasteiger partial charge in [0, 0.05) is 38.6 Å². The summed E-state index contributed by atoms with van der Waals surface area (Å²) in [7, 11) is 2.99. The molecule has 0 aliphatic heterocycles. The first kappa shape index (κ1) is 23.4. The highest BCUT2D eigenvalue weighted by Gasteiger charge is 2.22. The van der Waals surface area contributed by atoms with Crippen molar-refractivity contribution in [1.82, 2.24) is 30.2 Å². The second-order valence-electron chi connectivity index (χ2n) is 7.49. The number of rotatable bonds is 5. The molecule has 4 aromatic rings. The summed E-state index contributed by atoms with van der Waals surface area (Å²) in [6.45, 7) is 2.24. The molecule has 4 rings (SSSR count). The number of carbonyl (C=O) groups excluding carboxylic acids is 2. The van der Waals surface area contributed by atoms with Crippen LogP contribution in [0.15, 0.2) is 59.8 Å². The lowest BCUT2D eigenvalue weighted by molar-refractivity contribution is 0.0962. The van der Waals surface area contributed by atoms with Gasteiger partial charge in [-0.15, -0.1) is 0 Å². The Morgan fingerprint density at radius 1 is 1.06 bits per heavy atom. The molecule has 178 valence electrons. The molecule has 0 saturated carbocycles. The van der Waals surface area contributed by atoms with Gasteiger partial charge < -0.3 is 20.9 Å². The first-order valence-corrected chi connectivity index (χ1v) is 10.8. The first-order chi connectivity index (χ1) is 16.9. The van der Waals surface area contributed by atoms with E-state index in [2.05, 4.69) is 25.6 Å². The molecule has 0 unspecified atom stereocenters. The van der Waals surface area contributed by atoms with Crippen LogP contribution in [-0.4, -0.2) is 45.6 Å². The van der Waals surface area contributed by atoms with Crippen molar-refractivity contribution in [2.75, 3.05) is 24.7 Å². The SMILES string of the molecule is CCn1c(N)c(C(=O)NC)c(=O)c2cnc(-c3ccc(N(C(=O)NC)c4cccnc4)cc3)nc21. The Balaban J connectivity index is 1.79. The third-order valence-corrected chi connectivity index (χ3v) is 5.52. The van der Waals surface area contributed by atoms with E-state index < -0.39 is 11.3 Å². The number of benzene rings is 1. The molecule has 0 saturated heterocycles. The van der Waals surface area contributed by atoms with Crippen LogP contribution in [0, 0.1) is 0 Å². The van der Waals surface area contributed by atoms with Crippen molar-refractivity contribution in [3.63, 3.8) is 0 Å². The summed E-state index contributed by atoms with van der Waals surface area (Å²) in [5.74, 6) is -0.154. The highest BCUT2D eigenvalue weighted by Crippen LogP contribution is 2.28. The molecule has 11 heteroatoms. The van der Waals surface area contributed by atoms with Gasteiger partial charge in [0.1, 0.15) is 17.0 Å². The summed E-state index contributed by atoms with van der Waals surface area (Å²) in [6.07, 6.45) is 4.63. The second kappa shape index (κ2) is 9.59. The molecule has 3 aromatic heterocycles. The lowest BCUT2D eigenvalue weighted by atomic mass is 10.1. The number of aromatic nitrogens is 4. The smallest absolute Gasteiger partial charge is 0.326 e. The lowest BCUT2D eigenvalue weighted by Gasteiger charge is -2.22. The minimum absolute atomic E-state index is 0.0436. The number of carbonyl (C=O) groups is 2. The molecule has 4 N–H and O–H groups in total. The second-order valence-corrected chi connectivity index (χ2v) is 7.49. The maximum absolute atomic E-state index is 12.9. The fraction of sp³-hybridized carbons (Fsp3) is 0.167. The van der Waals surface area contributed by atoms with Crippen LogP contribution in [0.2, 0.25) is 0 Å². The molecule has 3 amide bonds. The summed E-state index contributed by atoms with van der Waals surface area (Å²) in [6, 6.07) is 10.3. The first-order valence-electron chi connectivity index (χ1n) is 10.8. The fourth-order valence-electron chi connectivity index (χ4n) is 3.78. The van der Waals surface area contributed by atoms with Crippen molar-refractivity contribution in [2.24, 2.45) is 0 Å². The third kappa shape index (κ3) is 4.14. The Kier molecular flexibility index (Phi) is 6.40. The number of nitrogen functional groups attached to an aromatic ring is 1. The molecular formula is C24H24N8O3. The molecule has 0 bridgehead atoms. The molecule has 1 aromatic carbocycles. The van der Waals surface area contributed by atoms with Gasteiger partial charge in [-0.25, -0.2) is 14.8 Å². The summed E-state index contributed by atoms with van der Waals surface area (Å²) in [5, 5.41) is 5.27. The van der Waals surface area contributed by atoms with Crippen LogP contribution < -0.4 is 26.7 Å². The Hall–Kier alpha value is -4.80. The van der Waals surface area contributed by atoms with Gasteiger partial charge in [-0.2, -0.15) is 0 Å². The van der Waals surface area contributed by atoms with E-state index in [1.165, 1.54) is 18.1 Å². The molecule has 35 heavy (non-hydrogen) atoms. The van der Waals surface area contributed by atoms with Gasteiger partial charge in [-0.3, -0.25) is 19.5 Å². The van der Waals surface area contributed by atoms with Gasteiger partial charge in [0.2, 0.25) is 5.43 Å². The maximum Gasteiger partial charge on any atom is 0.326 e. The Morgan fingerprint density at radius 3 is 2.40 bits per heavy atom. The normalized spacial score (nSPS) is 10.7. The Morgan fingerprint density at radius 2 is 1.80 bits per heavy atom. The molecule has 0 radical (unpaired) electrons. The number of fused-ring (bicyclic) bond motifs is 1. The van der Waals surface area contributed by atoms with E-state index in [1.54, 1.807) is 60.4 Å². The zero-order chi connectivity index (χ0) is 25.1. The highest BCUT2D eigenvalue weighted by molar-refractivity contribution is 6.01. The van der Waals surface area contributed by atoms with E-state index in [1.807, 2.05) is 6.92 Å². The van der Waals surface area contributed by atoms with Gasteiger partial charge in [0.15, 0.2) is 5.82 Å². The summed E-state index contributed by atoms with van der Waals surface area (Å²) < 4.78 is 1.61. The van der Waals surface area contributed by atoms with Crippen LogP contribution in [0.3, 0.4) is 0 Å². The predicted molar refractivity (Wildman–Crippen MR) is 134 cm³/mol. The number of hydrogen-bond acceptors (Lipinski definition) is 7. The van der Waals surface area contributed by atoms with Gasteiger partial charge in [0.05, 0.1) is 23.0 Å². The standard InChI is InChI=1S/C24H24N8O3/c1-4-31-20(25)18(23(34)26-2)19(33)17-13-29-21(30-22(17)31)14-7-9-15(10-8-14)32(24(35)27-3)16-6-5-11-28-12-16/h5-13H,4,25H2,1-3H3,(H,26,34)(H,27,35). The Bertz CT molecular complexity index is 1470. The van der Waals surface area contributed by atoms with Crippen LogP contribution >= 0.6 is 0 Å².